The number of carbonyl (C=O) groups excluding carboxylic acids is 1. The van der Waals surface area contributed by atoms with E-state index in [4.69, 9.17) is 4.74 Å². The molecule has 1 aliphatic rings. The summed E-state index contributed by atoms with van der Waals surface area (Å²) in [6.45, 7) is 3.20. The summed E-state index contributed by atoms with van der Waals surface area (Å²) in [5, 5.41) is 7.88. The Labute approximate surface area is 140 Å². The minimum Gasteiger partial charge on any atom is -0.372 e. The molecule has 0 bridgehead atoms. The van der Waals surface area contributed by atoms with E-state index in [2.05, 4.69) is 10.2 Å². The van der Waals surface area contributed by atoms with E-state index in [1.165, 1.54) is 6.07 Å². The van der Waals surface area contributed by atoms with E-state index in [1.807, 2.05) is 6.92 Å². The molecule has 1 aliphatic heterocycles. The number of nitrogens with zero attached hydrogens (tertiary/aromatic N) is 3. The van der Waals surface area contributed by atoms with Crippen LogP contribution in [0, 0.1) is 12.7 Å². The summed E-state index contributed by atoms with van der Waals surface area (Å²) >= 11 is 0. The zero-order valence-corrected chi connectivity index (χ0v) is 13.6. The second-order valence-electron chi connectivity index (χ2n) is 5.98. The second kappa shape index (κ2) is 7.49. The van der Waals surface area contributed by atoms with Crippen LogP contribution < -0.4 is 0 Å². The normalized spacial score (nSPS) is 17.8. The highest BCUT2D eigenvalue weighted by Crippen LogP contribution is 2.18. The molecule has 6 heteroatoms. The van der Waals surface area contributed by atoms with Gasteiger partial charge in [0.15, 0.2) is 5.69 Å². The monoisotopic (exact) mass is 329 g/mol. The molecule has 24 heavy (non-hydrogen) atoms. The van der Waals surface area contributed by atoms with Crippen molar-refractivity contribution >= 4 is 5.91 Å². The average Bonchev–Trinajstić information content (AvgIpc) is 2.61. The van der Waals surface area contributed by atoms with Gasteiger partial charge in [0, 0.05) is 18.7 Å². The molecule has 0 radical (unpaired) electrons. The molecule has 0 unspecified atom stereocenters. The SMILES string of the molecule is Cc1ccc(C(=O)N2CCC[C@H](OCc3ccccc3F)C2)nn1. The van der Waals surface area contributed by atoms with Crippen molar-refractivity contribution in [2.45, 2.75) is 32.5 Å². The van der Waals surface area contributed by atoms with Crippen molar-refractivity contribution in [3.05, 3.63) is 59.2 Å². The molecule has 1 fully saturated rings. The fourth-order valence-corrected chi connectivity index (χ4v) is 2.76. The van der Waals surface area contributed by atoms with Crippen LogP contribution in [0.5, 0.6) is 0 Å². The van der Waals surface area contributed by atoms with Gasteiger partial charge in [-0.05, 0) is 38.0 Å². The maximum absolute atomic E-state index is 13.6. The van der Waals surface area contributed by atoms with Gasteiger partial charge >= 0.3 is 0 Å². The molecule has 3 rings (SSSR count). The molecule has 1 aromatic heterocycles. The number of aromatic nitrogens is 2. The van der Waals surface area contributed by atoms with Gasteiger partial charge < -0.3 is 9.64 Å². The number of likely N-dealkylation sites (tertiary alicyclic amines) is 1. The highest BCUT2D eigenvalue weighted by molar-refractivity contribution is 5.92. The van der Waals surface area contributed by atoms with Gasteiger partial charge in [-0.1, -0.05) is 18.2 Å². The second-order valence-corrected chi connectivity index (χ2v) is 5.98. The Hall–Kier alpha value is -2.34. The first-order chi connectivity index (χ1) is 11.6. The maximum atomic E-state index is 13.6. The van der Waals surface area contributed by atoms with Gasteiger partial charge in [-0.2, -0.15) is 5.10 Å². The first-order valence-corrected chi connectivity index (χ1v) is 8.08. The minimum atomic E-state index is -0.267. The first-order valence-electron chi connectivity index (χ1n) is 8.08. The van der Waals surface area contributed by atoms with Crippen LogP contribution in [0.4, 0.5) is 4.39 Å². The van der Waals surface area contributed by atoms with Gasteiger partial charge in [-0.15, -0.1) is 5.10 Å². The van der Waals surface area contributed by atoms with Gasteiger partial charge in [0.25, 0.3) is 5.91 Å². The lowest BCUT2D eigenvalue weighted by Gasteiger charge is -2.32. The third kappa shape index (κ3) is 3.94. The molecule has 1 aromatic carbocycles. The number of amides is 1. The van der Waals surface area contributed by atoms with Crippen molar-refractivity contribution < 1.29 is 13.9 Å². The van der Waals surface area contributed by atoms with E-state index < -0.39 is 0 Å². The summed E-state index contributed by atoms with van der Waals surface area (Å²) in [6.07, 6.45) is 1.62. The molecule has 1 amide bonds. The van der Waals surface area contributed by atoms with Gasteiger partial charge in [0.2, 0.25) is 0 Å². The minimum absolute atomic E-state index is 0.0966. The standard InChI is InChI=1S/C18H20FN3O2/c1-13-8-9-17(21-20-13)18(23)22-10-4-6-15(11-22)24-12-14-5-2-3-7-16(14)19/h2-3,5,7-9,15H,4,6,10-12H2,1H3/t15-/m0/s1. The van der Waals surface area contributed by atoms with Crippen molar-refractivity contribution in [1.82, 2.24) is 15.1 Å². The lowest BCUT2D eigenvalue weighted by atomic mass is 10.1. The predicted molar refractivity (Wildman–Crippen MR) is 86.9 cm³/mol. The molecule has 0 N–H and O–H groups in total. The van der Waals surface area contributed by atoms with Crippen LogP contribution in [-0.4, -0.2) is 40.2 Å². The van der Waals surface area contributed by atoms with Crippen LogP contribution in [0.15, 0.2) is 36.4 Å². The van der Waals surface area contributed by atoms with Crippen molar-refractivity contribution in [2.24, 2.45) is 0 Å². The molecule has 2 aromatic rings. The van der Waals surface area contributed by atoms with E-state index in [-0.39, 0.29) is 24.4 Å². The van der Waals surface area contributed by atoms with Crippen LogP contribution in [0.25, 0.3) is 0 Å². The fraction of sp³-hybridized carbons (Fsp3) is 0.389. The van der Waals surface area contributed by atoms with Crippen molar-refractivity contribution in [3.63, 3.8) is 0 Å². The quantitative estimate of drug-likeness (QED) is 0.865. The molecule has 1 atom stereocenters. The zero-order chi connectivity index (χ0) is 16.9. The smallest absolute Gasteiger partial charge is 0.274 e. The van der Waals surface area contributed by atoms with Gasteiger partial charge in [-0.3, -0.25) is 4.79 Å². The topological polar surface area (TPSA) is 55.3 Å². The third-order valence-corrected chi connectivity index (χ3v) is 4.11. The van der Waals surface area contributed by atoms with Crippen molar-refractivity contribution in [1.29, 1.82) is 0 Å². The van der Waals surface area contributed by atoms with Crippen molar-refractivity contribution in [3.8, 4) is 0 Å². The van der Waals surface area contributed by atoms with E-state index >= 15 is 0 Å². The van der Waals surface area contributed by atoms with E-state index in [0.717, 1.165) is 18.5 Å². The third-order valence-electron chi connectivity index (χ3n) is 4.11. The summed E-state index contributed by atoms with van der Waals surface area (Å²) in [5.41, 5.74) is 1.65. The largest absolute Gasteiger partial charge is 0.372 e. The van der Waals surface area contributed by atoms with Gasteiger partial charge in [-0.25, -0.2) is 4.39 Å². The van der Waals surface area contributed by atoms with Gasteiger partial charge in [0.05, 0.1) is 18.4 Å². The van der Waals surface area contributed by atoms with Crippen LogP contribution >= 0.6 is 0 Å². The summed E-state index contributed by atoms with van der Waals surface area (Å²) < 4.78 is 19.5. The lowest BCUT2D eigenvalue weighted by Crippen LogP contribution is -2.43. The molecule has 0 spiro atoms. The van der Waals surface area contributed by atoms with E-state index in [9.17, 15) is 9.18 Å². The number of piperidine rings is 1. The molecule has 126 valence electrons. The number of hydrogen-bond donors (Lipinski definition) is 0. The van der Waals surface area contributed by atoms with Crippen LogP contribution in [0.3, 0.4) is 0 Å². The molecule has 1 saturated heterocycles. The Morgan fingerprint density at radius 1 is 1.29 bits per heavy atom. The Morgan fingerprint density at radius 2 is 2.12 bits per heavy atom. The van der Waals surface area contributed by atoms with E-state index in [0.29, 0.717) is 24.3 Å². The van der Waals surface area contributed by atoms with Crippen LogP contribution in [0.2, 0.25) is 0 Å². The molecule has 5 nitrogen and oxygen atoms in total. The van der Waals surface area contributed by atoms with Crippen LogP contribution in [-0.2, 0) is 11.3 Å². The Bertz CT molecular complexity index is 706. The maximum Gasteiger partial charge on any atom is 0.274 e. The summed E-state index contributed by atoms with van der Waals surface area (Å²) in [5.74, 6) is -0.405. The predicted octanol–water partition coefficient (Wildman–Crippen LogP) is 2.75. The lowest BCUT2D eigenvalue weighted by molar-refractivity contribution is -0.00780. The number of carbonyl (C=O) groups is 1. The van der Waals surface area contributed by atoms with E-state index in [1.54, 1.807) is 35.2 Å². The number of ether oxygens (including phenoxy) is 1. The molecule has 2 heterocycles. The molecular weight excluding hydrogens is 309 g/mol. The Morgan fingerprint density at radius 3 is 2.88 bits per heavy atom. The van der Waals surface area contributed by atoms with Crippen molar-refractivity contribution in [2.75, 3.05) is 13.1 Å². The fourth-order valence-electron chi connectivity index (χ4n) is 2.76. The number of benzene rings is 1. The van der Waals surface area contributed by atoms with Crippen LogP contribution in [0.1, 0.15) is 34.6 Å². The Balaban J connectivity index is 1.59. The highest BCUT2D eigenvalue weighted by atomic mass is 19.1. The summed E-state index contributed by atoms with van der Waals surface area (Å²) in [4.78, 5) is 14.2. The average molecular weight is 329 g/mol. The first kappa shape index (κ1) is 16.5. The Kier molecular flexibility index (Phi) is 5.15. The molecular formula is C18H20FN3O2. The number of hydrogen-bond acceptors (Lipinski definition) is 4. The number of aryl methyl sites for hydroxylation is 1. The highest BCUT2D eigenvalue weighted by Gasteiger charge is 2.26. The number of rotatable bonds is 4. The summed E-state index contributed by atoms with van der Waals surface area (Å²) in [7, 11) is 0. The summed E-state index contributed by atoms with van der Waals surface area (Å²) in [6, 6.07) is 10.0. The molecule has 0 saturated carbocycles. The molecule has 0 aliphatic carbocycles. The number of halogens is 1. The van der Waals surface area contributed by atoms with Gasteiger partial charge in [0.1, 0.15) is 5.82 Å². The zero-order valence-electron chi connectivity index (χ0n) is 13.6.